The summed E-state index contributed by atoms with van der Waals surface area (Å²) in [5.74, 6) is 0. The summed E-state index contributed by atoms with van der Waals surface area (Å²) >= 11 is 11.7. The molecule has 1 aromatic heterocycles. The van der Waals surface area contributed by atoms with Crippen molar-refractivity contribution < 1.29 is 18.0 Å². The molecule has 0 aliphatic heterocycles. The minimum absolute atomic E-state index is 0.137. The number of fused-ring (bicyclic) bond motifs is 1. The number of benzene rings is 1. The zero-order valence-electron chi connectivity index (χ0n) is 14.2. The lowest BCUT2D eigenvalue weighted by molar-refractivity contribution is -0.142. The molecule has 146 valence electrons. The van der Waals surface area contributed by atoms with Crippen molar-refractivity contribution in [1.82, 2.24) is 15.1 Å². The minimum Gasteiger partial charge on any atom is -0.336 e. The van der Waals surface area contributed by atoms with Crippen LogP contribution in [0.25, 0.3) is 0 Å². The molecule has 0 spiro atoms. The van der Waals surface area contributed by atoms with Crippen LogP contribution in [0.5, 0.6) is 0 Å². The van der Waals surface area contributed by atoms with E-state index in [0.29, 0.717) is 34.3 Å². The van der Waals surface area contributed by atoms with Crippen LogP contribution in [-0.2, 0) is 25.6 Å². The van der Waals surface area contributed by atoms with Crippen molar-refractivity contribution >= 4 is 34.9 Å². The van der Waals surface area contributed by atoms with Gasteiger partial charge in [0.25, 0.3) is 0 Å². The van der Waals surface area contributed by atoms with Gasteiger partial charge in [0, 0.05) is 23.5 Å². The summed E-state index contributed by atoms with van der Waals surface area (Å²) < 4.78 is 40.9. The number of hydrogen-bond acceptors (Lipinski definition) is 2. The van der Waals surface area contributed by atoms with E-state index >= 15 is 0 Å². The average molecular weight is 421 g/mol. The Balaban J connectivity index is 1.61. The zero-order chi connectivity index (χ0) is 19.6. The Kier molecular flexibility index (Phi) is 5.86. The van der Waals surface area contributed by atoms with Gasteiger partial charge in [-0.1, -0.05) is 23.2 Å². The van der Waals surface area contributed by atoms with Crippen LogP contribution in [0.2, 0.25) is 10.0 Å². The molecule has 2 aromatic rings. The fraction of sp³-hybridized carbons (Fsp3) is 0.412. The lowest BCUT2D eigenvalue weighted by atomic mass is 9.95. The third-order valence-corrected chi connectivity index (χ3v) is 5.05. The Bertz CT molecular complexity index is 851. The van der Waals surface area contributed by atoms with Crippen molar-refractivity contribution in [1.29, 1.82) is 0 Å². The highest BCUT2D eigenvalue weighted by Gasteiger charge is 2.39. The van der Waals surface area contributed by atoms with Crippen LogP contribution >= 0.6 is 23.2 Å². The molecule has 0 saturated heterocycles. The Morgan fingerprint density at radius 3 is 2.63 bits per heavy atom. The van der Waals surface area contributed by atoms with Crippen LogP contribution in [0.1, 0.15) is 29.8 Å². The van der Waals surface area contributed by atoms with Gasteiger partial charge in [0.05, 0.1) is 16.6 Å². The molecule has 5 nitrogen and oxygen atoms in total. The van der Waals surface area contributed by atoms with Gasteiger partial charge in [0.15, 0.2) is 5.69 Å². The zero-order valence-corrected chi connectivity index (χ0v) is 15.7. The topological polar surface area (TPSA) is 59.0 Å². The normalized spacial score (nSPS) is 14.0. The summed E-state index contributed by atoms with van der Waals surface area (Å²) in [5, 5.41) is 9.61. The van der Waals surface area contributed by atoms with E-state index in [2.05, 4.69) is 15.7 Å². The third-order valence-electron chi connectivity index (χ3n) is 4.31. The number of halogens is 5. The van der Waals surface area contributed by atoms with E-state index in [1.54, 1.807) is 12.1 Å². The Hall–Kier alpha value is -1.93. The first-order valence-electron chi connectivity index (χ1n) is 8.41. The summed E-state index contributed by atoms with van der Waals surface area (Å²) in [6.07, 6.45) is -1.96. The molecule has 2 amide bonds. The van der Waals surface area contributed by atoms with E-state index in [0.717, 1.165) is 12.8 Å². The number of anilines is 1. The van der Waals surface area contributed by atoms with E-state index in [-0.39, 0.29) is 18.7 Å². The maximum absolute atomic E-state index is 13.2. The van der Waals surface area contributed by atoms with Crippen LogP contribution in [0.15, 0.2) is 18.2 Å². The molecule has 3 rings (SSSR count). The molecular weight excluding hydrogens is 404 g/mol. The number of amides is 2. The number of hydrogen-bond donors (Lipinski definition) is 2. The van der Waals surface area contributed by atoms with Crippen LogP contribution < -0.4 is 10.6 Å². The largest absolute Gasteiger partial charge is 0.435 e. The molecule has 1 aliphatic rings. The van der Waals surface area contributed by atoms with Crippen molar-refractivity contribution in [2.45, 2.75) is 38.4 Å². The summed E-state index contributed by atoms with van der Waals surface area (Å²) in [7, 11) is 0. The fourth-order valence-electron chi connectivity index (χ4n) is 3.11. The Morgan fingerprint density at radius 2 is 1.93 bits per heavy atom. The van der Waals surface area contributed by atoms with Crippen molar-refractivity contribution in [2.24, 2.45) is 0 Å². The molecule has 27 heavy (non-hydrogen) atoms. The van der Waals surface area contributed by atoms with Gasteiger partial charge in [-0.05, 0) is 43.9 Å². The van der Waals surface area contributed by atoms with E-state index in [1.165, 1.54) is 10.7 Å². The van der Waals surface area contributed by atoms with E-state index in [9.17, 15) is 18.0 Å². The van der Waals surface area contributed by atoms with Gasteiger partial charge < -0.3 is 10.6 Å². The molecule has 1 aromatic carbocycles. The van der Waals surface area contributed by atoms with Crippen LogP contribution in [0.4, 0.5) is 23.7 Å². The predicted molar refractivity (Wildman–Crippen MR) is 97.4 cm³/mol. The first-order chi connectivity index (χ1) is 12.8. The van der Waals surface area contributed by atoms with Crippen molar-refractivity contribution in [2.75, 3.05) is 11.9 Å². The van der Waals surface area contributed by atoms with Crippen LogP contribution in [0, 0.1) is 0 Å². The lowest BCUT2D eigenvalue weighted by Gasteiger charge is -2.15. The summed E-state index contributed by atoms with van der Waals surface area (Å²) in [4.78, 5) is 11.9. The highest BCUT2D eigenvalue weighted by Crippen LogP contribution is 2.35. The van der Waals surface area contributed by atoms with Crippen LogP contribution in [-0.4, -0.2) is 22.4 Å². The van der Waals surface area contributed by atoms with Crippen molar-refractivity contribution in [3.8, 4) is 0 Å². The van der Waals surface area contributed by atoms with Gasteiger partial charge in [0.2, 0.25) is 0 Å². The molecule has 2 N–H and O–H groups in total. The fourth-order valence-corrected chi connectivity index (χ4v) is 3.41. The number of urea groups is 1. The predicted octanol–water partition coefficient (Wildman–Crippen LogP) is 4.91. The molecule has 1 aliphatic carbocycles. The third kappa shape index (κ3) is 4.68. The second-order valence-corrected chi connectivity index (χ2v) is 7.03. The maximum Gasteiger partial charge on any atom is 0.435 e. The van der Waals surface area contributed by atoms with E-state index < -0.39 is 17.9 Å². The Labute approximate surface area is 163 Å². The molecule has 0 atom stereocenters. The van der Waals surface area contributed by atoms with Gasteiger partial charge in [-0.25, -0.2) is 4.79 Å². The number of alkyl halides is 3. The first kappa shape index (κ1) is 19.8. The van der Waals surface area contributed by atoms with Gasteiger partial charge in [-0.2, -0.15) is 18.3 Å². The van der Waals surface area contributed by atoms with Gasteiger partial charge in [-0.15, -0.1) is 0 Å². The molecule has 0 saturated carbocycles. The molecule has 0 fully saturated rings. The lowest BCUT2D eigenvalue weighted by Crippen LogP contribution is -2.32. The number of carbonyl (C=O) groups is 1. The van der Waals surface area contributed by atoms with Gasteiger partial charge in [-0.3, -0.25) is 4.68 Å². The molecule has 0 radical (unpaired) electrons. The standard InChI is InChI=1S/C17H17Cl2F3N4O/c18-12-6-5-10(9-13(12)19)24-16(27)23-7-8-26-14-4-2-1-3-11(14)15(25-26)17(20,21)22/h5-6,9H,1-4,7-8H2,(H2,23,24,27). The monoisotopic (exact) mass is 420 g/mol. The summed E-state index contributed by atoms with van der Waals surface area (Å²) in [6, 6.07) is 4.15. The van der Waals surface area contributed by atoms with E-state index in [4.69, 9.17) is 23.2 Å². The molecule has 0 unspecified atom stereocenters. The maximum atomic E-state index is 13.2. The average Bonchev–Trinajstić information content (AvgIpc) is 2.98. The quantitative estimate of drug-likeness (QED) is 0.737. The minimum atomic E-state index is -4.47. The first-order valence-corrected chi connectivity index (χ1v) is 9.17. The second kappa shape index (κ2) is 7.98. The highest BCUT2D eigenvalue weighted by atomic mass is 35.5. The van der Waals surface area contributed by atoms with E-state index in [1.807, 2.05) is 0 Å². The van der Waals surface area contributed by atoms with Gasteiger partial charge >= 0.3 is 12.2 Å². The molecule has 1 heterocycles. The number of carbonyl (C=O) groups excluding carboxylic acids is 1. The SMILES string of the molecule is O=C(NCCn1nc(C(F)(F)F)c2c1CCCC2)Nc1ccc(Cl)c(Cl)c1. The summed E-state index contributed by atoms with van der Waals surface area (Å²) in [6.45, 7) is 0.297. The Morgan fingerprint density at radius 1 is 1.19 bits per heavy atom. The van der Waals surface area contributed by atoms with Crippen LogP contribution in [0.3, 0.4) is 0 Å². The highest BCUT2D eigenvalue weighted by molar-refractivity contribution is 6.42. The number of nitrogens with one attached hydrogen (secondary N) is 2. The van der Waals surface area contributed by atoms with Gasteiger partial charge in [0.1, 0.15) is 0 Å². The second-order valence-electron chi connectivity index (χ2n) is 6.21. The molecular formula is C17H17Cl2F3N4O. The van der Waals surface area contributed by atoms with Crippen molar-refractivity contribution in [3.63, 3.8) is 0 Å². The smallest absolute Gasteiger partial charge is 0.336 e. The number of aromatic nitrogens is 2. The number of nitrogens with zero attached hydrogens (tertiary/aromatic N) is 2. The number of rotatable bonds is 4. The summed E-state index contributed by atoms with van der Waals surface area (Å²) in [5.41, 5.74) is 0.546. The molecule has 0 bridgehead atoms. The molecule has 10 heteroatoms. The van der Waals surface area contributed by atoms with Crippen molar-refractivity contribution in [3.05, 3.63) is 45.2 Å².